The average molecular weight is 306 g/mol. The van der Waals surface area contributed by atoms with Gasteiger partial charge in [-0.25, -0.2) is 0 Å². The number of hydrogen-bond acceptors (Lipinski definition) is 3. The van der Waals surface area contributed by atoms with E-state index in [0.29, 0.717) is 32.6 Å². The number of benzene rings is 1. The summed E-state index contributed by atoms with van der Waals surface area (Å²) in [5, 5.41) is 0. The molecule has 2 amide bonds. The molecule has 1 heterocycles. The molecule has 114 valence electrons. The maximum absolute atomic E-state index is 12.4. The Hall–Kier alpha value is -1.49. The number of carbonyl (C=O) groups is 2. The molecule has 1 aliphatic rings. The van der Waals surface area contributed by atoms with E-state index in [-0.39, 0.29) is 11.8 Å². The van der Waals surface area contributed by atoms with Gasteiger partial charge in [-0.15, -0.1) is 11.8 Å². The second-order valence-electron chi connectivity index (χ2n) is 5.15. The smallest absolute Gasteiger partial charge is 0.253 e. The van der Waals surface area contributed by atoms with Crippen LogP contribution in [0.15, 0.2) is 29.2 Å². The molecule has 21 heavy (non-hydrogen) atoms. The molecule has 0 aliphatic carbocycles. The third-order valence-electron chi connectivity index (χ3n) is 3.72. The summed E-state index contributed by atoms with van der Waals surface area (Å²) >= 11 is 1.66. The van der Waals surface area contributed by atoms with Crippen molar-refractivity contribution in [3.8, 4) is 0 Å². The predicted molar refractivity (Wildman–Crippen MR) is 85.6 cm³/mol. The van der Waals surface area contributed by atoms with Crippen LogP contribution in [0, 0.1) is 0 Å². The van der Waals surface area contributed by atoms with E-state index in [1.54, 1.807) is 11.8 Å². The minimum absolute atomic E-state index is 0.0604. The number of carbonyl (C=O) groups excluding carboxylic acids is 2. The molecule has 0 unspecified atom stereocenters. The van der Waals surface area contributed by atoms with Crippen molar-refractivity contribution in [2.75, 3.05) is 32.4 Å². The fourth-order valence-electron chi connectivity index (χ4n) is 2.45. The molecule has 1 aromatic rings. The summed E-state index contributed by atoms with van der Waals surface area (Å²) in [6.45, 7) is 4.55. The van der Waals surface area contributed by atoms with E-state index in [1.165, 1.54) is 0 Å². The van der Waals surface area contributed by atoms with Crippen molar-refractivity contribution in [3.63, 3.8) is 0 Å². The number of amides is 2. The molecule has 0 N–H and O–H groups in total. The van der Waals surface area contributed by atoms with Gasteiger partial charge in [-0.3, -0.25) is 9.59 Å². The van der Waals surface area contributed by atoms with Gasteiger partial charge in [-0.05, 0) is 36.9 Å². The molecule has 2 rings (SSSR count). The zero-order chi connectivity index (χ0) is 15.2. The van der Waals surface area contributed by atoms with E-state index < -0.39 is 0 Å². The second-order valence-corrected chi connectivity index (χ2v) is 6.03. The Morgan fingerprint density at radius 2 is 1.62 bits per heavy atom. The van der Waals surface area contributed by atoms with E-state index in [1.807, 2.05) is 47.2 Å². The maximum atomic E-state index is 12.4. The Labute approximate surface area is 130 Å². The van der Waals surface area contributed by atoms with Crippen LogP contribution in [0.5, 0.6) is 0 Å². The van der Waals surface area contributed by atoms with E-state index in [9.17, 15) is 9.59 Å². The van der Waals surface area contributed by atoms with Gasteiger partial charge in [0, 0.05) is 43.1 Å². The zero-order valence-corrected chi connectivity index (χ0v) is 13.5. The van der Waals surface area contributed by atoms with Gasteiger partial charge in [0.2, 0.25) is 5.91 Å². The number of thioether (sulfide) groups is 1. The molecule has 1 saturated heterocycles. The van der Waals surface area contributed by atoms with E-state index in [0.717, 1.165) is 16.9 Å². The minimum atomic E-state index is 0.0604. The lowest BCUT2D eigenvalue weighted by molar-refractivity contribution is -0.132. The van der Waals surface area contributed by atoms with Crippen molar-refractivity contribution in [1.29, 1.82) is 0 Å². The SMILES string of the molecule is CCCC(=O)N1CCN(C(=O)c2ccc(SC)cc2)CC1. The Bertz CT molecular complexity index is 494. The lowest BCUT2D eigenvalue weighted by Gasteiger charge is -2.34. The van der Waals surface area contributed by atoms with Gasteiger partial charge >= 0.3 is 0 Å². The Morgan fingerprint density at radius 1 is 1.05 bits per heavy atom. The van der Waals surface area contributed by atoms with Crippen LogP contribution in [-0.2, 0) is 4.79 Å². The summed E-state index contributed by atoms with van der Waals surface area (Å²) in [6.07, 6.45) is 3.49. The first kappa shape index (κ1) is 15.9. The normalized spacial score (nSPS) is 15.1. The van der Waals surface area contributed by atoms with E-state index in [4.69, 9.17) is 0 Å². The van der Waals surface area contributed by atoms with Gasteiger partial charge in [0.15, 0.2) is 0 Å². The summed E-state index contributed by atoms with van der Waals surface area (Å²) in [6, 6.07) is 7.70. The quantitative estimate of drug-likeness (QED) is 0.803. The van der Waals surface area contributed by atoms with Crippen molar-refractivity contribution in [2.24, 2.45) is 0 Å². The highest BCUT2D eigenvalue weighted by atomic mass is 32.2. The molecule has 4 nitrogen and oxygen atoms in total. The Balaban J connectivity index is 1.92. The maximum Gasteiger partial charge on any atom is 0.253 e. The molecular weight excluding hydrogens is 284 g/mol. The molecule has 0 aromatic heterocycles. The lowest BCUT2D eigenvalue weighted by atomic mass is 10.1. The standard InChI is InChI=1S/C16H22N2O2S/c1-3-4-15(19)17-9-11-18(12-10-17)16(20)13-5-7-14(21-2)8-6-13/h5-8H,3-4,9-12H2,1-2H3. The molecule has 0 bridgehead atoms. The summed E-state index contributed by atoms with van der Waals surface area (Å²) in [5.74, 6) is 0.263. The molecule has 5 heteroatoms. The van der Waals surface area contributed by atoms with Crippen molar-refractivity contribution in [1.82, 2.24) is 9.80 Å². The van der Waals surface area contributed by atoms with Crippen LogP contribution in [0.3, 0.4) is 0 Å². The molecule has 0 saturated carbocycles. The van der Waals surface area contributed by atoms with Crippen molar-refractivity contribution < 1.29 is 9.59 Å². The number of piperazine rings is 1. The number of nitrogens with zero attached hydrogens (tertiary/aromatic N) is 2. The lowest BCUT2D eigenvalue weighted by Crippen LogP contribution is -2.50. The van der Waals surface area contributed by atoms with Crippen LogP contribution in [0.1, 0.15) is 30.1 Å². The van der Waals surface area contributed by atoms with Crippen LogP contribution in [-0.4, -0.2) is 54.0 Å². The zero-order valence-electron chi connectivity index (χ0n) is 12.7. The van der Waals surface area contributed by atoms with Gasteiger partial charge in [-0.2, -0.15) is 0 Å². The number of rotatable bonds is 4. The summed E-state index contributed by atoms with van der Waals surface area (Å²) in [4.78, 5) is 29.1. The third-order valence-corrected chi connectivity index (χ3v) is 4.46. The molecule has 0 spiro atoms. The largest absolute Gasteiger partial charge is 0.339 e. The summed E-state index contributed by atoms with van der Waals surface area (Å²) in [7, 11) is 0. The highest BCUT2D eigenvalue weighted by Crippen LogP contribution is 2.16. The van der Waals surface area contributed by atoms with Crippen LogP contribution < -0.4 is 0 Å². The first-order chi connectivity index (χ1) is 10.2. The van der Waals surface area contributed by atoms with Crippen molar-refractivity contribution in [2.45, 2.75) is 24.7 Å². The second kappa shape index (κ2) is 7.50. The van der Waals surface area contributed by atoms with Crippen LogP contribution in [0.25, 0.3) is 0 Å². The highest BCUT2D eigenvalue weighted by molar-refractivity contribution is 7.98. The van der Waals surface area contributed by atoms with Crippen molar-refractivity contribution >= 4 is 23.6 Å². The van der Waals surface area contributed by atoms with Gasteiger partial charge in [0.1, 0.15) is 0 Å². The van der Waals surface area contributed by atoms with Crippen LogP contribution in [0.2, 0.25) is 0 Å². The molecule has 1 aromatic carbocycles. The van der Waals surface area contributed by atoms with E-state index in [2.05, 4.69) is 0 Å². The topological polar surface area (TPSA) is 40.6 Å². The molecule has 1 aliphatic heterocycles. The fraction of sp³-hybridized carbons (Fsp3) is 0.500. The summed E-state index contributed by atoms with van der Waals surface area (Å²) in [5.41, 5.74) is 0.723. The molecule has 0 radical (unpaired) electrons. The number of hydrogen-bond donors (Lipinski definition) is 0. The monoisotopic (exact) mass is 306 g/mol. The molecular formula is C16H22N2O2S. The molecule has 0 atom stereocenters. The fourth-order valence-corrected chi connectivity index (χ4v) is 2.86. The third kappa shape index (κ3) is 4.00. The minimum Gasteiger partial charge on any atom is -0.339 e. The van der Waals surface area contributed by atoms with Gasteiger partial charge in [0.25, 0.3) is 5.91 Å². The Kier molecular flexibility index (Phi) is 5.67. The van der Waals surface area contributed by atoms with Crippen molar-refractivity contribution in [3.05, 3.63) is 29.8 Å². The summed E-state index contributed by atoms with van der Waals surface area (Å²) < 4.78 is 0. The van der Waals surface area contributed by atoms with Gasteiger partial charge in [-0.1, -0.05) is 6.92 Å². The van der Waals surface area contributed by atoms with Crippen LogP contribution >= 0.6 is 11.8 Å². The average Bonchev–Trinajstić information content (AvgIpc) is 2.54. The molecule has 1 fully saturated rings. The van der Waals surface area contributed by atoms with Crippen LogP contribution in [0.4, 0.5) is 0 Å². The first-order valence-electron chi connectivity index (χ1n) is 7.36. The van der Waals surface area contributed by atoms with Gasteiger partial charge < -0.3 is 9.80 Å². The highest BCUT2D eigenvalue weighted by Gasteiger charge is 2.24. The van der Waals surface area contributed by atoms with E-state index >= 15 is 0 Å². The Morgan fingerprint density at radius 3 is 2.14 bits per heavy atom. The first-order valence-corrected chi connectivity index (χ1v) is 8.59. The predicted octanol–water partition coefficient (Wildman–Crippen LogP) is 2.49. The van der Waals surface area contributed by atoms with Gasteiger partial charge in [0.05, 0.1) is 0 Å².